The fourth-order valence-corrected chi connectivity index (χ4v) is 2.24. The van der Waals surface area contributed by atoms with Gasteiger partial charge in [0.2, 0.25) is 0 Å². The molecule has 8 nitrogen and oxygen atoms in total. The van der Waals surface area contributed by atoms with Gasteiger partial charge in [0.05, 0.1) is 11.3 Å². The Morgan fingerprint density at radius 3 is 2.86 bits per heavy atom. The maximum Gasteiger partial charge on any atom is 0.252 e. The van der Waals surface area contributed by atoms with Crippen molar-refractivity contribution in [3.8, 4) is 5.75 Å². The third-order valence-electron chi connectivity index (χ3n) is 2.60. The van der Waals surface area contributed by atoms with E-state index in [-0.39, 0.29) is 11.3 Å². The van der Waals surface area contributed by atoms with Crippen molar-refractivity contribution in [3.05, 3.63) is 36.2 Å². The smallest absolute Gasteiger partial charge is 0.252 e. The van der Waals surface area contributed by atoms with Gasteiger partial charge < -0.3 is 10.8 Å². The van der Waals surface area contributed by atoms with Crippen LogP contribution in [0.15, 0.2) is 40.8 Å². The van der Waals surface area contributed by atoms with Crippen molar-refractivity contribution in [2.75, 3.05) is 0 Å². The van der Waals surface area contributed by atoms with Crippen LogP contribution in [0.5, 0.6) is 5.75 Å². The summed E-state index contributed by atoms with van der Waals surface area (Å²) in [6.45, 7) is 0. The largest absolute Gasteiger partial charge is 0.507 e. The van der Waals surface area contributed by atoms with Gasteiger partial charge in [0, 0.05) is 12.4 Å². The third-order valence-corrected chi connectivity index (χ3v) is 3.31. The summed E-state index contributed by atoms with van der Waals surface area (Å²) in [5.41, 5.74) is 6.57. The van der Waals surface area contributed by atoms with Gasteiger partial charge >= 0.3 is 0 Å². The summed E-state index contributed by atoms with van der Waals surface area (Å²) in [6, 6.07) is 4.20. The molecule has 21 heavy (non-hydrogen) atoms. The maximum atomic E-state index is 11.1. The minimum absolute atomic E-state index is 0.0135. The van der Waals surface area contributed by atoms with Crippen LogP contribution in [0.3, 0.4) is 0 Å². The van der Waals surface area contributed by atoms with Gasteiger partial charge in [-0.1, -0.05) is 0 Å². The lowest BCUT2D eigenvalue weighted by Gasteiger charge is -2.00. The molecular formula is C12H8N6O2S. The molecule has 3 aromatic rings. The van der Waals surface area contributed by atoms with Gasteiger partial charge in [-0.3, -0.25) is 4.79 Å². The van der Waals surface area contributed by atoms with Crippen molar-refractivity contribution in [2.45, 2.75) is 0 Å². The van der Waals surface area contributed by atoms with Crippen molar-refractivity contribution < 1.29 is 9.90 Å². The number of hydrogen-bond donors (Lipinski definition) is 2. The van der Waals surface area contributed by atoms with E-state index in [1.807, 2.05) is 0 Å². The van der Waals surface area contributed by atoms with E-state index in [1.54, 1.807) is 12.4 Å². The molecule has 0 unspecified atom stereocenters. The normalized spacial score (nSPS) is 11.2. The quantitative estimate of drug-likeness (QED) is 0.717. The van der Waals surface area contributed by atoms with Gasteiger partial charge in [-0.25, -0.2) is 9.97 Å². The Balaban J connectivity index is 1.96. The summed E-state index contributed by atoms with van der Waals surface area (Å²) in [5, 5.41) is 18.0. The zero-order valence-corrected chi connectivity index (χ0v) is 11.3. The number of nitrogens with two attached hydrogens (primary N) is 1. The van der Waals surface area contributed by atoms with Crippen LogP contribution in [-0.2, 0) is 0 Å². The summed E-state index contributed by atoms with van der Waals surface area (Å²) in [4.78, 5) is 19.3. The molecule has 0 aliphatic heterocycles. The number of carbonyl (C=O) groups is 1. The van der Waals surface area contributed by atoms with Crippen LogP contribution >= 0.6 is 11.5 Å². The molecule has 3 N–H and O–H groups in total. The monoisotopic (exact) mass is 300 g/mol. The number of nitrogens with zero attached hydrogens (tertiary/aromatic N) is 5. The van der Waals surface area contributed by atoms with Gasteiger partial charge in [-0.05, 0) is 29.7 Å². The van der Waals surface area contributed by atoms with Crippen molar-refractivity contribution >= 4 is 39.3 Å². The van der Waals surface area contributed by atoms with Crippen LogP contribution in [0.2, 0.25) is 0 Å². The molecule has 2 aromatic heterocycles. The summed E-state index contributed by atoms with van der Waals surface area (Å²) < 4.78 is 4.09. The van der Waals surface area contributed by atoms with Crippen LogP contribution < -0.4 is 5.73 Å². The number of phenols is 1. The van der Waals surface area contributed by atoms with Crippen molar-refractivity contribution in [2.24, 2.45) is 16.0 Å². The van der Waals surface area contributed by atoms with Crippen LogP contribution in [0, 0.1) is 0 Å². The summed E-state index contributed by atoms with van der Waals surface area (Å²) >= 11 is 1.12. The predicted octanol–water partition coefficient (Wildman–Crippen LogP) is 2.31. The Labute approximate surface area is 122 Å². The molecule has 0 radical (unpaired) electrons. The number of carbonyl (C=O) groups excluding carboxylic acids is 1. The average Bonchev–Trinajstić information content (AvgIpc) is 2.89. The molecule has 0 spiro atoms. The lowest BCUT2D eigenvalue weighted by Crippen LogP contribution is -2.10. The Hall–Kier alpha value is -2.94. The topological polar surface area (TPSA) is 127 Å². The number of rotatable bonds is 3. The standard InChI is InChI=1S/C12H8N6O2S/c13-10(20)7-5-6(1-2-8(7)19)16-17-12-9-11(18-21-12)15-4-3-14-9/h1-5,19H,(H2,13,20). The SMILES string of the molecule is NC(=O)c1cc(N=Nc2snc3nccnc23)ccc1O. The molecule has 9 heteroatoms. The third kappa shape index (κ3) is 2.54. The summed E-state index contributed by atoms with van der Waals surface area (Å²) in [6.07, 6.45) is 3.09. The van der Waals surface area contributed by atoms with Crippen molar-refractivity contribution in [1.29, 1.82) is 0 Å². The van der Waals surface area contributed by atoms with E-state index in [9.17, 15) is 9.90 Å². The molecule has 0 aliphatic carbocycles. The average molecular weight is 300 g/mol. The lowest BCUT2D eigenvalue weighted by molar-refractivity contribution is 0.0998. The van der Waals surface area contributed by atoms with Crippen LogP contribution in [0.1, 0.15) is 10.4 Å². The van der Waals surface area contributed by atoms with Gasteiger partial charge in [-0.15, -0.1) is 10.2 Å². The van der Waals surface area contributed by atoms with E-state index in [0.29, 0.717) is 21.9 Å². The second-order valence-electron chi connectivity index (χ2n) is 3.98. The molecule has 0 saturated carbocycles. The van der Waals surface area contributed by atoms with E-state index < -0.39 is 5.91 Å². The molecule has 0 saturated heterocycles. The Morgan fingerprint density at radius 1 is 1.24 bits per heavy atom. The number of amides is 1. The molecule has 1 amide bonds. The number of aromatic nitrogens is 3. The van der Waals surface area contributed by atoms with Crippen LogP contribution in [-0.4, -0.2) is 25.4 Å². The number of fused-ring (bicyclic) bond motifs is 1. The highest BCUT2D eigenvalue weighted by atomic mass is 32.1. The maximum absolute atomic E-state index is 11.1. The molecule has 0 fully saturated rings. The van der Waals surface area contributed by atoms with E-state index in [2.05, 4.69) is 24.6 Å². The molecule has 0 bridgehead atoms. The van der Waals surface area contributed by atoms with Gasteiger partial charge in [0.1, 0.15) is 11.3 Å². The fourth-order valence-electron chi connectivity index (χ4n) is 1.63. The number of benzene rings is 1. The Kier molecular flexibility index (Phi) is 3.24. The second kappa shape index (κ2) is 5.21. The first kappa shape index (κ1) is 13.1. The van der Waals surface area contributed by atoms with Crippen LogP contribution in [0.4, 0.5) is 10.7 Å². The number of aromatic hydroxyl groups is 1. The van der Waals surface area contributed by atoms with Gasteiger partial charge in [0.15, 0.2) is 10.6 Å². The molecule has 0 aliphatic rings. The molecule has 2 heterocycles. The van der Waals surface area contributed by atoms with Crippen molar-refractivity contribution in [1.82, 2.24) is 14.3 Å². The highest BCUT2D eigenvalue weighted by molar-refractivity contribution is 7.11. The van der Waals surface area contributed by atoms with E-state index in [0.717, 1.165) is 11.5 Å². The molecule has 104 valence electrons. The lowest BCUT2D eigenvalue weighted by atomic mass is 10.2. The van der Waals surface area contributed by atoms with Crippen molar-refractivity contribution in [3.63, 3.8) is 0 Å². The summed E-state index contributed by atoms with van der Waals surface area (Å²) in [7, 11) is 0. The first-order valence-corrected chi connectivity index (χ1v) is 6.53. The second-order valence-corrected chi connectivity index (χ2v) is 4.73. The number of primary amides is 1. The zero-order valence-electron chi connectivity index (χ0n) is 10.5. The molecule has 1 aromatic carbocycles. The number of azo groups is 1. The predicted molar refractivity (Wildman–Crippen MR) is 76.0 cm³/mol. The van der Waals surface area contributed by atoms with E-state index in [4.69, 9.17) is 5.73 Å². The molecular weight excluding hydrogens is 292 g/mol. The minimum Gasteiger partial charge on any atom is -0.507 e. The van der Waals surface area contributed by atoms with E-state index in [1.165, 1.54) is 18.2 Å². The Bertz CT molecular complexity index is 860. The number of hydrogen-bond acceptors (Lipinski definition) is 8. The molecule has 3 rings (SSSR count). The van der Waals surface area contributed by atoms with E-state index >= 15 is 0 Å². The van der Waals surface area contributed by atoms with Gasteiger partial charge in [0.25, 0.3) is 5.91 Å². The highest BCUT2D eigenvalue weighted by Gasteiger charge is 2.09. The highest BCUT2D eigenvalue weighted by Crippen LogP contribution is 2.30. The fraction of sp³-hybridized carbons (Fsp3) is 0. The summed E-state index contributed by atoms with van der Waals surface area (Å²) in [5.74, 6) is -0.936. The Morgan fingerprint density at radius 2 is 2.05 bits per heavy atom. The minimum atomic E-state index is -0.737. The molecule has 0 atom stereocenters. The first-order valence-electron chi connectivity index (χ1n) is 5.76. The zero-order chi connectivity index (χ0) is 14.8. The first-order chi connectivity index (χ1) is 10.1. The van der Waals surface area contributed by atoms with Crippen LogP contribution in [0.25, 0.3) is 11.2 Å². The van der Waals surface area contributed by atoms with Gasteiger partial charge in [-0.2, -0.15) is 4.37 Å².